The number of methoxy groups -OCH3 is 1. The van der Waals surface area contributed by atoms with Crippen LogP contribution in [0.5, 0.6) is 5.88 Å². The molecule has 0 radical (unpaired) electrons. The number of hydrogen-bond acceptors (Lipinski definition) is 5. The molecule has 4 heterocycles. The second-order valence-electron chi connectivity index (χ2n) is 6.22. The summed E-state index contributed by atoms with van der Waals surface area (Å²) in [7, 11) is 1.68. The fourth-order valence-corrected chi connectivity index (χ4v) is 3.95. The number of rotatable bonds is 3. The summed E-state index contributed by atoms with van der Waals surface area (Å²) in [5.41, 5.74) is 3.57. The van der Waals surface area contributed by atoms with Crippen molar-refractivity contribution in [1.29, 1.82) is 0 Å². The van der Waals surface area contributed by atoms with E-state index in [1.165, 1.54) is 11.4 Å². The highest BCUT2D eigenvalue weighted by molar-refractivity contribution is 5.30. The molecule has 23 heavy (non-hydrogen) atoms. The zero-order chi connectivity index (χ0) is 15.7. The number of nitrogens with one attached hydrogen (secondary N) is 1. The standard InChI is InChI=1S/C17H22N4O2/c1-22-16-13(3-2-7-18-16)11-21-8-4-14-15(20-12-19-14)17(21)5-9-23-10-6-17/h2-3,7,12H,4-6,8-11H2,1H3,(H,19,20). The molecule has 0 saturated carbocycles. The average Bonchev–Trinajstić information content (AvgIpc) is 3.09. The lowest BCUT2D eigenvalue weighted by atomic mass is 9.80. The maximum Gasteiger partial charge on any atom is 0.217 e. The number of pyridine rings is 1. The molecule has 1 spiro atoms. The molecule has 2 aliphatic heterocycles. The average molecular weight is 314 g/mol. The van der Waals surface area contributed by atoms with E-state index in [9.17, 15) is 0 Å². The fourth-order valence-electron chi connectivity index (χ4n) is 3.95. The first kappa shape index (κ1) is 14.7. The van der Waals surface area contributed by atoms with Gasteiger partial charge in [-0.15, -0.1) is 0 Å². The molecule has 0 atom stereocenters. The third kappa shape index (κ3) is 2.42. The molecule has 0 unspecified atom stereocenters. The van der Waals surface area contributed by atoms with Crippen molar-refractivity contribution in [1.82, 2.24) is 19.9 Å². The molecule has 4 rings (SSSR count). The van der Waals surface area contributed by atoms with Crippen molar-refractivity contribution in [3.05, 3.63) is 41.6 Å². The van der Waals surface area contributed by atoms with E-state index in [4.69, 9.17) is 9.47 Å². The first-order valence-electron chi connectivity index (χ1n) is 8.17. The van der Waals surface area contributed by atoms with Crippen molar-refractivity contribution >= 4 is 0 Å². The van der Waals surface area contributed by atoms with Gasteiger partial charge in [0, 0.05) is 50.2 Å². The molecule has 6 nitrogen and oxygen atoms in total. The molecule has 2 aliphatic rings. The number of hydrogen-bond donors (Lipinski definition) is 1. The van der Waals surface area contributed by atoms with Crippen LogP contribution in [0.4, 0.5) is 0 Å². The van der Waals surface area contributed by atoms with Gasteiger partial charge in [0.1, 0.15) is 0 Å². The zero-order valence-corrected chi connectivity index (χ0v) is 13.4. The summed E-state index contributed by atoms with van der Waals surface area (Å²) in [6.45, 7) is 3.40. The number of aromatic nitrogens is 3. The van der Waals surface area contributed by atoms with Gasteiger partial charge in [-0.05, 0) is 18.9 Å². The predicted molar refractivity (Wildman–Crippen MR) is 85.2 cm³/mol. The van der Waals surface area contributed by atoms with Gasteiger partial charge in [-0.25, -0.2) is 9.97 Å². The van der Waals surface area contributed by atoms with Crippen LogP contribution in [0, 0.1) is 0 Å². The molecule has 122 valence electrons. The van der Waals surface area contributed by atoms with Crippen LogP contribution >= 0.6 is 0 Å². The summed E-state index contributed by atoms with van der Waals surface area (Å²) >= 11 is 0. The number of fused-ring (bicyclic) bond motifs is 2. The molecule has 1 saturated heterocycles. The summed E-state index contributed by atoms with van der Waals surface area (Å²) in [5, 5.41) is 0. The SMILES string of the molecule is COc1ncccc1CN1CCc2[nH]cnc2C12CCOCC2. The first-order chi connectivity index (χ1) is 11.3. The Bertz CT molecular complexity index is 679. The van der Waals surface area contributed by atoms with Crippen LogP contribution in [-0.4, -0.2) is 46.7 Å². The van der Waals surface area contributed by atoms with E-state index in [1.807, 2.05) is 12.4 Å². The number of imidazole rings is 1. The Morgan fingerprint density at radius 1 is 1.35 bits per heavy atom. The Kier molecular flexibility index (Phi) is 3.79. The van der Waals surface area contributed by atoms with Crippen LogP contribution in [-0.2, 0) is 23.2 Å². The molecule has 0 amide bonds. The Labute approximate surface area is 135 Å². The summed E-state index contributed by atoms with van der Waals surface area (Å²) < 4.78 is 11.1. The minimum absolute atomic E-state index is 0.0350. The lowest BCUT2D eigenvalue weighted by Crippen LogP contribution is -2.53. The van der Waals surface area contributed by atoms with Crippen molar-refractivity contribution in [2.75, 3.05) is 26.9 Å². The highest BCUT2D eigenvalue weighted by Gasteiger charge is 2.45. The van der Waals surface area contributed by atoms with Gasteiger partial charge in [0.2, 0.25) is 5.88 Å². The Hall–Kier alpha value is -1.92. The van der Waals surface area contributed by atoms with Crippen LogP contribution in [0.25, 0.3) is 0 Å². The van der Waals surface area contributed by atoms with Gasteiger partial charge in [-0.2, -0.15) is 0 Å². The van der Waals surface area contributed by atoms with Crippen molar-refractivity contribution in [2.24, 2.45) is 0 Å². The lowest BCUT2D eigenvalue weighted by molar-refractivity contribution is -0.0453. The van der Waals surface area contributed by atoms with E-state index in [1.54, 1.807) is 13.3 Å². The molecule has 2 aromatic heterocycles. The lowest BCUT2D eigenvalue weighted by Gasteiger charge is -2.48. The van der Waals surface area contributed by atoms with Crippen molar-refractivity contribution in [2.45, 2.75) is 31.3 Å². The number of aromatic amines is 1. The minimum atomic E-state index is -0.0350. The molecule has 1 N–H and O–H groups in total. The Balaban J connectivity index is 1.70. The summed E-state index contributed by atoms with van der Waals surface area (Å²) in [6.07, 6.45) is 6.56. The Morgan fingerprint density at radius 3 is 3.04 bits per heavy atom. The smallest absolute Gasteiger partial charge is 0.217 e. The van der Waals surface area contributed by atoms with Crippen molar-refractivity contribution < 1.29 is 9.47 Å². The maximum absolute atomic E-state index is 5.63. The predicted octanol–water partition coefficient (Wildman–Crippen LogP) is 1.88. The molecule has 6 heteroatoms. The van der Waals surface area contributed by atoms with Gasteiger partial charge < -0.3 is 14.5 Å². The van der Waals surface area contributed by atoms with Crippen LogP contribution in [0.15, 0.2) is 24.7 Å². The summed E-state index contributed by atoms with van der Waals surface area (Å²) in [5.74, 6) is 0.711. The molecule has 0 bridgehead atoms. The second-order valence-corrected chi connectivity index (χ2v) is 6.22. The fraction of sp³-hybridized carbons (Fsp3) is 0.529. The topological polar surface area (TPSA) is 63.3 Å². The van der Waals surface area contributed by atoms with E-state index in [0.29, 0.717) is 5.88 Å². The van der Waals surface area contributed by atoms with Crippen LogP contribution in [0.3, 0.4) is 0 Å². The van der Waals surface area contributed by atoms with Gasteiger partial charge >= 0.3 is 0 Å². The van der Waals surface area contributed by atoms with Gasteiger partial charge in [-0.1, -0.05) is 6.07 Å². The van der Waals surface area contributed by atoms with E-state index in [2.05, 4.69) is 25.9 Å². The van der Waals surface area contributed by atoms with Gasteiger partial charge in [0.25, 0.3) is 0 Å². The van der Waals surface area contributed by atoms with E-state index in [-0.39, 0.29) is 5.54 Å². The molecule has 0 aliphatic carbocycles. The number of ether oxygens (including phenoxy) is 2. The molecular formula is C17H22N4O2. The van der Waals surface area contributed by atoms with E-state index in [0.717, 1.165) is 51.1 Å². The van der Waals surface area contributed by atoms with Crippen molar-refractivity contribution in [3.63, 3.8) is 0 Å². The summed E-state index contributed by atoms with van der Waals surface area (Å²) in [4.78, 5) is 14.9. The second kappa shape index (κ2) is 5.94. The maximum atomic E-state index is 5.63. The van der Waals surface area contributed by atoms with Crippen molar-refractivity contribution in [3.8, 4) is 5.88 Å². The zero-order valence-electron chi connectivity index (χ0n) is 13.4. The van der Waals surface area contributed by atoms with Gasteiger partial charge in [0.15, 0.2) is 0 Å². The highest BCUT2D eigenvalue weighted by Crippen LogP contribution is 2.42. The normalized spacial score (nSPS) is 20.4. The monoisotopic (exact) mass is 314 g/mol. The largest absolute Gasteiger partial charge is 0.481 e. The number of H-pyrrole nitrogens is 1. The van der Waals surface area contributed by atoms with Crippen LogP contribution in [0.2, 0.25) is 0 Å². The van der Waals surface area contributed by atoms with Gasteiger partial charge in [0.05, 0.1) is 24.7 Å². The highest BCUT2D eigenvalue weighted by atomic mass is 16.5. The minimum Gasteiger partial charge on any atom is -0.481 e. The third-order valence-corrected chi connectivity index (χ3v) is 5.12. The summed E-state index contributed by atoms with van der Waals surface area (Å²) in [6, 6.07) is 4.07. The van der Waals surface area contributed by atoms with E-state index >= 15 is 0 Å². The first-order valence-corrected chi connectivity index (χ1v) is 8.17. The quantitative estimate of drug-likeness (QED) is 0.937. The third-order valence-electron chi connectivity index (χ3n) is 5.12. The van der Waals surface area contributed by atoms with Gasteiger partial charge in [-0.3, -0.25) is 4.90 Å². The molecular weight excluding hydrogens is 292 g/mol. The molecule has 1 fully saturated rings. The van der Waals surface area contributed by atoms with E-state index < -0.39 is 0 Å². The molecule has 0 aromatic carbocycles. The van der Waals surface area contributed by atoms with Crippen LogP contribution in [0.1, 0.15) is 29.8 Å². The Morgan fingerprint density at radius 2 is 2.22 bits per heavy atom. The number of nitrogens with zero attached hydrogens (tertiary/aromatic N) is 3. The molecule has 2 aromatic rings. The van der Waals surface area contributed by atoms with Crippen LogP contribution < -0.4 is 4.74 Å².